The lowest BCUT2D eigenvalue weighted by molar-refractivity contribution is 0.102. The van der Waals surface area contributed by atoms with Crippen LogP contribution in [-0.2, 0) is 10.0 Å². The zero-order valence-electron chi connectivity index (χ0n) is 14.5. The molecule has 2 aromatic carbocycles. The van der Waals surface area contributed by atoms with Crippen molar-refractivity contribution in [3.63, 3.8) is 0 Å². The predicted molar refractivity (Wildman–Crippen MR) is 99.9 cm³/mol. The number of hydrogen-bond donors (Lipinski definition) is 1. The number of amides is 1. The second kappa shape index (κ2) is 8.02. The van der Waals surface area contributed by atoms with Gasteiger partial charge in [-0.05, 0) is 62.4 Å². The molecule has 1 amide bonds. The van der Waals surface area contributed by atoms with Crippen molar-refractivity contribution in [1.82, 2.24) is 0 Å². The van der Waals surface area contributed by atoms with Gasteiger partial charge in [-0.3, -0.25) is 9.10 Å². The van der Waals surface area contributed by atoms with E-state index in [1.165, 1.54) is 4.31 Å². The number of hydrogen-bond acceptors (Lipinski definition) is 4. The van der Waals surface area contributed by atoms with Crippen molar-refractivity contribution < 1.29 is 17.9 Å². The number of rotatable bonds is 7. The third-order valence-electron chi connectivity index (χ3n) is 3.53. The molecule has 0 fully saturated rings. The highest BCUT2D eigenvalue weighted by atomic mass is 32.2. The second-order valence-electron chi connectivity index (χ2n) is 5.39. The molecular formula is C18H22N2O4S. The Hall–Kier alpha value is -2.54. The summed E-state index contributed by atoms with van der Waals surface area (Å²) in [4.78, 5) is 12.3. The number of ether oxygens (including phenoxy) is 1. The lowest BCUT2D eigenvalue weighted by Gasteiger charge is -2.20. The molecule has 0 aliphatic carbocycles. The summed E-state index contributed by atoms with van der Waals surface area (Å²) in [5.74, 6) is 0.475. The molecular weight excluding hydrogens is 340 g/mol. The Morgan fingerprint density at radius 2 is 1.64 bits per heavy atom. The molecule has 0 atom stereocenters. The van der Waals surface area contributed by atoms with E-state index >= 15 is 0 Å². The molecule has 7 heteroatoms. The molecule has 0 aliphatic heterocycles. The molecule has 2 aromatic rings. The molecule has 0 aromatic heterocycles. The first-order valence-electron chi connectivity index (χ1n) is 7.97. The number of sulfonamides is 1. The van der Waals surface area contributed by atoms with Crippen LogP contribution < -0.4 is 14.4 Å². The van der Waals surface area contributed by atoms with E-state index in [1.807, 2.05) is 6.92 Å². The van der Waals surface area contributed by atoms with E-state index in [0.717, 1.165) is 12.0 Å². The summed E-state index contributed by atoms with van der Waals surface area (Å²) >= 11 is 0. The van der Waals surface area contributed by atoms with Crippen molar-refractivity contribution in [2.45, 2.75) is 13.8 Å². The van der Waals surface area contributed by atoms with Gasteiger partial charge in [0.1, 0.15) is 5.75 Å². The SMILES string of the molecule is CCOc1ccc(NC(=O)c2ccc(N(CC)S(C)(=O)=O)cc2)cc1. The first-order chi connectivity index (χ1) is 11.8. The zero-order valence-corrected chi connectivity index (χ0v) is 15.3. The van der Waals surface area contributed by atoms with E-state index in [-0.39, 0.29) is 5.91 Å². The van der Waals surface area contributed by atoms with Crippen molar-refractivity contribution in [2.75, 3.05) is 29.0 Å². The summed E-state index contributed by atoms with van der Waals surface area (Å²) in [6.45, 7) is 4.58. The highest BCUT2D eigenvalue weighted by Gasteiger charge is 2.15. The third kappa shape index (κ3) is 4.96. The highest BCUT2D eigenvalue weighted by Crippen LogP contribution is 2.20. The Morgan fingerprint density at radius 3 is 2.12 bits per heavy atom. The number of nitrogens with one attached hydrogen (secondary N) is 1. The Balaban J connectivity index is 2.10. The number of carbonyl (C=O) groups is 1. The molecule has 0 heterocycles. The van der Waals surface area contributed by atoms with Gasteiger partial charge < -0.3 is 10.1 Å². The maximum atomic E-state index is 12.3. The van der Waals surface area contributed by atoms with Gasteiger partial charge in [-0.25, -0.2) is 8.42 Å². The smallest absolute Gasteiger partial charge is 0.255 e. The molecule has 134 valence electrons. The van der Waals surface area contributed by atoms with Gasteiger partial charge in [0.15, 0.2) is 0 Å². The maximum absolute atomic E-state index is 12.3. The minimum Gasteiger partial charge on any atom is -0.494 e. The second-order valence-corrected chi connectivity index (χ2v) is 7.29. The van der Waals surface area contributed by atoms with Gasteiger partial charge in [0.05, 0.1) is 18.6 Å². The van der Waals surface area contributed by atoms with Gasteiger partial charge in [-0.2, -0.15) is 0 Å². The molecule has 0 saturated carbocycles. The molecule has 25 heavy (non-hydrogen) atoms. The topological polar surface area (TPSA) is 75.7 Å². The average molecular weight is 362 g/mol. The van der Waals surface area contributed by atoms with Crippen LogP contribution in [0.3, 0.4) is 0 Å². The van der Waals surface area contributed by atoms with Crippen LogP contribution in [0, 0.1) is 0 Å². The molecule has 2 rings (SSSR count). The minimum absolute atomic E-state index is 0.266. The molecule has 0 bridgehead atoms. The monoisotopic (exact) mass is 362 g/mol. The van der Waals surface area contributed by atoms with Crippen LogP contribution in [0.5, 0.6) is 5.75 Å². The van der Waals surface area contributed by atoms with Gasteiger partial charge >= 0.3 is 0 Å². The summed E-state index contributed by atoms with van der Waals surface area (Å²) in [6, 6.07) is 13.6. The van der Waals surface area contributed by atoms with Gasteiger partial charge in [0, 0.05) is 17.8 Å². The molecule has 0 unspecified atom stereocenters. The number of benzene rings is 2. The summed E-state index contributed by atoms with van der Waals surface area (Å²) in [6.07, 6.45) is 1.16. The standard InChI is InChI=1S/C18H22N2O4S/c1-4-20(25(3,22)23)16-10-6-14(7-11-16)18(21)19-15-8-12-17(13-9-15)24-5-2/h6-13H,4-5H2,1-3H3,(H,19,21). The number of anilines is 2. The molecule has 0 spiro atoms. The predicted octanol–water partition coefficient (Wildman–Crippen LogP) is 3.12. The van der Waals surface area contributed by atoms with Crippen molar-refractivity contribution in [1.29, 1.82) is 0 Å². The largest absolute Gasteiger partial charge is 0.494 e. The summed E-state index contributed by atoms with van der Waals surface area (Å²) in [7, 11) is -3.34. The normalized spacial score (nSPS) is 11.0. The zero-order chi connectivity index (χ0) is 18.4. The molecule has 0 saturated heterocycles. The Bertz CT molecular complexity index is 815. The Labute approximate surface area is 148 Å². The highest BCUT2D eigenvalue weighted by molar-refractivity contribution is 7.92. The first kappa shape index (κ1) is 18.8. The Morgan fingerprint density at radius 1 is 1.04 bits per heavy atom. The fraction of sp³-hybridized carbons (Fsp3) is 0.278. The van der Waals surface area contributed by atoms with Crippen LogP contribution in [0.2, 0.25) is 0 Å². The van der Waals surface area contributed by atoms with Crippen LogP contribution in [0.4, 0.5) is 11.4 Å². The third-order valence-corrected chi connectivity index (χ3v) is 4.80. The van der Waals surface area contributed by atoms with Crippen molar-refractivity contribution in [2.24, 2.45) is 0 Å². The van der Waals surface area contributed by atoms with Crippen LogP contribution in [-0.4, -0.2) is 33.7 Å². The van der Waals surface area contributed by atoms with Crippen LogP contribution in [0.25, 0.3) is 0 Å². The first-order valence-corrected chi connectivity index (χ1v) is 9.82. The van der Waals surface area contributed by atoms with Crippen LogP contribution >= 0.6 is 0 Å². The number of nitrogens with zero attached hydrogens (tertiary/aromatic N) is 1. The fourth-order valence-corrected chi connectivity index (χ4v) is 3.37. The summed E-state index contributed by atoms with van der Waals surface area (Å²) < 4.78 is 30.1. The maximum Gasteiger partial charge on any atom is 0.255 e. The van der Waals surface area contributed by atoms with Gasteiger partial charge in [-0.15, -0.1) is 0 Å². The lowest BCUT2D eigenvalue weighted by Crippen LogP contribution is -2.29. The molecule has 6 nitrogen and oxygen atoms in total. The van der Waals surface area contributed by atoms with E-state index in [2.05, 4.69) is 5.32 Å². The minimum atomic E-state index is -3.34. The molecule has 0 aliphatic rings. The van der Waals surface area contributed by atoms with Crippen molar-refractivity contribution >= 4 is 27.3 Å². The van der Waals surface area contributed by atoms with Crippen LogP contribution in [0.1, 0.15) is 24.2 Å². The molecule has 0 radical (unpaired) electrons. The van der Waals surface area contributed by atoms with E-state index < -0.39 is 10.0 Å². The van der Waals surface area contributed by atoms with Gasteiger partial charge in [-0.1, -0.05) is 0 Å². The number of carbonyl (C=O) groups excluding carboxylic acids is 1. The quantitative estimate of drug-likeness (QED) is 0.821. The van der Waals surface area contributed by atoms with Gasteiger partial charge in [0.2, 0.25) is 10.0 Å². The fourth-order valence-electron chi connectivity index (χ4n) is 2.39. The van der Waals surface area contributed by atoms with Crippen molar-refractivity contribution in [3.05, 3.63) is 54.1 Å². The van der Waals surface area contributed by atoms with Crippen LogP contribution in [0.15, 0.2) is 48.5 Å². The Kier molecular flexibility index (Phi) is 6.03. The van der Waals surface area contributed by atoms with Crippen molar-refractivity contribution in [3.8, 4) is 5.75 Å². The molecule has 1 N–H and O–H groups in total. The van der Waals surface area contributed by atoms with E-state index in [4.69, 9.17) is 4.74 Å². The van der Waals surface area contributed by atoms with E-state index in [9.17, 15) is 13.2 Å². The van der Waals surface area contributed by atoms with Gasteiger partial charge in [0.25, 0.3) is 5.91 Å². The summed E-state index contributed by atoms with van der Waals surface area (Å²) in [5.41, 5.74) is 1.63. The summed E-state index contributed by atoms with van der Waals surface area (Å²) in [5, 5.41) is 2.79. The lowest BCUT2D eigenvalue weighted by atomic mass is 10.2. The average Bonchev–Trinajstić information content (AvgIpc) is 2.57. The van der Waals surface area contributed by atoms with E-state index in [0.29, 0.717) is 30.1 Å². The van der Waals surface area contributed by atoms with E-state index in [1.54, 1.807) is 55.5 Å².